The average Bonchev–Trinajstić information content (AvgIpc) is 3.45. The van der Waals surface area contributed by atoms with Crippen LogP contribution in [0.3, 0.4) is 0 Å². The number of carbonyl (C=O) groups excluding carboxylic acids is 2. The quantitative estimate of drug-likeness (QED) is 0.249. The molecule has 8 nitrogen and oxygen atoms in total. The normalized spacial score (nSPS) is 13.3. The minimum absolute atomic E-state index is 0.0550. The molecule has 0 aliphatic heterocycles. The number of hydrogen-bond acceptors (Lipinski definition) is 5. The van der Waals surface area contributed by atoms with Crippen molar-refractivity contribution in [1.29, 1.82) is 0 Å². The second-order valence-corrected chi connectivity index (χ2v) is 11.3. The van der Waals surface area contributed by atoms with E-state index in [1.165, 1.54) is 0 Å². The van der Waals surface area contributed by atoms with Gasteiger partial charge >= 0.3 is 18.0 Å². The fourth-order valence-electron chi connectivity index (χ4n) is 5.48. The zero-order valence-corrected chi connectivity index (χ0v) is 23.4. The first-order valence-corrected chi connectivity index (χ1v) is 13.7. The van der Waals surface area contributed by atoms with Crippen molar-refractivity contribution in [1.82, 2.24) is 9.88 Å². The van der Waals surface area contributed by atoms with Crippen molar-refractivity contribution in [3.05, 3.63) is 95.7 Å². The Morgan fingerprint density at radius 2 is 1.54 bits per heavy atom. The number of fused-ring (bicyclic) bond motifs is 4. The number of aliphatic carboxylic acids is 1. The number of rotatable bonds is 9. The van der Waals surface area contributed by atoms with Crippen LogP contribution in [-0.2, 0) is 32.0 Å². The third-order valence-electron chi connectivity index (χ3n) is 7.21. The van der Waals surface area contributed by atoms with Crippen molar-refractivity contribution < 1.29 is 29.0 Å². The van der Waals surface area contributed by atoms with E-state index in [9.17, 15) is 19.5 Å². The highest BCUT2D eigenvalue weighted by Crippen LogP contribution is 2.44. The number of aromatic nitrogens is 1. The molecule has 8 heteroatoms. The number of nitrogens with zero attached hydrogens (tertiary/aromatic N) is 1. The zero-order valence-electron chi connectivity index (χ0n) is 23.4. The van der Waals surface area contributed by atoms with Gasteiger partial charge in [0.05, 0.1) is 6.42 Å². The molecule has 3 aromatic carbocycles. The molecule has 0 saturated carbocycles. The number of carbonyl (C=O) groups is 3. The number of benzene rings is 3. The van der Waals surface area contributed by atoms with Crippen LogP contribution >= 0.6 is 0 Å². The maximum atomic E-state index is 12.8. The summed E-state index contributed by atoms with van der Waals surface area (Å²) in [6, 6.07) is 22.4. The van der Waals surface area contributed by atoms with E-state index in [4.69, 9.17) is 9.47 Å². The Bertz CT molecular complexity index is 1550. The van der Waals surface area contributed by atoms with Crippen molar-refractivity contribution in [2.75, 3.05) is 6.61 Å². The van der Waals surface area contributed by atoms with E-state index in [2.05, 4.69) is 17.4 Å². The van der Waals surface area contributed by atoms with Crippen LogP contribution in [-0.4, -0.2) is 46.0 Å². The van der Waals surface area contributed by atoms with Gasteiger partial charge in [0.1, 0.15) is 18.2 Å². The lowest BCUT2D eigenvalue weighted by Crippen LogP contribution is -2.42. The fourth-order valence-corrected chi connectivity index (χ4v) is 5.48. The largest absolute Gasteiger partial charge is 0.480 e. The third-order valence-corrected chi connectivity index (χ3v) is 7.21. The first kappa shape index (κ1) is 28.0. The Kier molecular flexibility index (Phi) is 7.83. The number of carboxylic acids is 1. The molecular formula is C33H34N2O6. The average molecular weight is 555 g/mol. The van der Waals surface area contributed by atoms with Gasteiger partial charge < -0.3 is 24.5 Å². The molecule has 0 radical (unpaired) electrons. The molecule has 5 rings (SSSR count). The van der Waals surface area contributed by atoms with E-state index in [1.807, 2.05) is 92.2 Å². The Labute approximate surface area is 238 Å². The van der Waals surface area contributed by atoms with Crippen LogP contribution in [0.5, 0.6) is 0 Å². The number of carboxylic acid groups (broad SMARTS) is 1. The highest BCUT2D eigenvalue weighted by atomic mass is 16.6. The Morgan fingerprint density at radius 1 is 0.927 bits per heavy atom. The highest BCUT2D eigenvalue weighted by Gasteiger charge is 2.30. The van der Waals surface area contributed by atoms with E-state index in [0.717, 1.165) is 38.7 Å². The summed E-state index contributed by atoms with van der Waals surface area (Å²) in [5.74, 6) is -1.60. The molecule has 1 aromatic heterocycles. The summed E-state index contributed by atoms with van der Waals surface area (Å²) in [4.78, 5) is 37.3. The maximum absolute atomic E-state index is 12.8. The lowest BCUT2D eigenvalue weighted by molar-refractivity contribution is -0.155. The molecule has 4 aromatic rings. The molecule has 0 fully saturated rings. The molecule has 0 bridgehead atoms. The Balaban J connectivity index is 1.26. The molecule has 1 aliphatic carbocycles. The monoisotopic (exact) mass is 554 g/mol. The second kappa shape index (κ2) is 11.5. The number of ether oxygens (including phenoxy) is 2. The minimum Gasteiger partial charge on any atom is -0.480 e. The predicted molar refractivity (Wildman–Crippen MR) is 156 cm³/mol. The molecule has 0 saturated heterocycles. The molecule has 1 amide bonds. The number of aryl methyl sites for hydroxylation is 1. The number of amides is 1. The molecule has 0 spiro atoms. The third kappa shape index (κ3) is 6.27. The van der Waals surface area contributed by atoms with Crippen molar-refractivity contribution >= 4 is 28.9 Å². The topological polar surface area (TPSA) is 107 Å². The summed E-state index contributed by atoms with van der Waals surface area (Å²) in [7, 11) is 0. The van der Waals surface area contributed by atoms with Crippen molar-refractivity contribution in [3.8, 4) is 11.1 Å². The van der Waals surface area contributed by atoms with Crippen LogP contribution in [0.1, 0.15) is 49.8 Å². The second-order valence-electron chi connectivity index (χ2n) is 11.3. The van der Waals surface area contributed by atoms with Crippen LogP contribution < -0.4 is 5.32 Å². The molecule has 1 aliphatic rings. The number of hydrogen-bond donors (Lipinski definition) is 2. The number of para-hydroxylation sites is 1. The predicted octanol–water partition coefficient (Wildman–Crippen LogP) is 5.91. The Morgan fingerprint density at radius 3 is 2.17 bits per heavy atom. The summed E-state index contributed by atoms with van der Waals surface area (Å²) < 4.78 is 12.9. The minimum atomic E-state index is -1.20. The molecule has 2 N–H and O–H groups in total. The van der Waals surface area contributed by atoms with Crippen LogP contribution in [0, 0.1) is 0 Å². The van der Waals surface area contributed by atoms with Gasteiger partial charge in [-0.05, 0) is 54.7 Å². The van der Waals surface area contributed by atoms with Gasteiger partial charge in [0.25, 0.3) is 0 Å². The van der Waals surface area contributed by atoms with Gasteiger partial charge in [-0.15, -0.1) is 0 Å². The summed E-state index contributed by atoms with van der Waals surface area (Å²) in [5, 5.41) is 13.3. The molecule has 212 valence electrons. The lowest BCUT2D eigenvalue weighted by Gasteiger charge is -2.19. The van der Waals surface area contributed by atoms with Crippen LogP contribution in [0.25, 0.3) is 22.0 Å². The highest BCUT2D eigenvalue weighted by molar-refractivity contribution is 5.86. The number of nitrogens with one attached hydrogen (secondary N) is 1. The summed E-state index contributed by atoms with van der Waals surface area (Å²) in [6.07, 6.45) is 1.28. The molecule has 41 heavy (non-hydrogen) atoms. The van der Waals surface area contributed by atoms with Crippen molar-refractivity contribution in [2.45, 2.75) is 57.7 Å². The molecule has 1 heterocycles. The molecule has 1 atom stereocenters. The maximum Gasteiger partial charge on any atom is 0.407 e. The molecular weight excluding hydrogens is 520 g/mol. The van der Waals surface area contributed by atoms with Crippen molar-refractivity contribution in [3.63, 3.8) is 0 Å². The van der Waals surface area contributed by atoms with Crippen LogP contribution in [0.4, 0.5) is 4.79 Å². The van der Waals surface area contributed by atoms with Gasteiger partial charge in [-0.25, -0.2) is 9.59 Å². The van der Waals surface area contributed by atoms with Gasteiger partial charge in [-0.1, -0.05) is 66.7 Å². The van der Waals surface area contributed by atoms with Gasteiger partial charge in [0.15, 0.2) is 0 Å². The molecule has 0 unspecified atom stereocenters. The number of esters is 1. The lowest BCUT2D eigenvalue weighted by atomic mass is 9.98. The van der Waals surface area contributed by atoms with Gasteiger partial charge in [-0.3, -0.25) is 4.79 Å². The van der Waals surface area contributed by atoms with E-state index < -0.39 is 23.7 Å². The van der Waals surface area contributed by atoms with Gasteiger partial charge in [-0.2, -0.15) is 0 Å². The SMILES string of the molecule is CC(C)(C)OC(=O)CCn1cc(C[C@H](NC(=O)OCC2c3ccccc3-c3ccccc32)C(=O)O)c2ccccc21. The van der Waals surface area contributed by atoms with E-state index in [-0.39, 0.29) is 31.3 Å². The smallest absolute Gasteiger partial charge is 0.407 e. The van der Waals surface area contributed by atoms with Crippen LogP contribution in [0.15, 0.2) is 79.0 Å². The van der Waals surface area contributed by atoms with Gasteiger partial charge in [0.2, 0.25) is 0 Å². The Hall–Kier alpha value is -4.59. The summed E-state index contributed by atoms with van der Waals surface area (Å²) >= 11 is 0. The first-order valence-electron chi connectivity index (χ1n) is 13.7. The van der Waals surface area contributed by atoms with Crippen LogP contribution in [0.2, 0.25) is 0 Å². The standard InChI is InChI=1S/C33H34N2O6/c1-33(2,3)41-30(36)16-17-35-19-21(22-10-8-9-15-29(22)35)18-28(31(37)38)34-32(39)40-20-27-25-13-6-4-11-23(25)24-12-5-7-14-26(24)27/h4-15,19,27-28H,16-18,20H2,1-3H3,(H,34,39)(H,37,38)/t28-/m0/s1. The van der Waals surface area contributed by atoms with Crippen molar-refractivity contribution in [2.24, 2.45) is 0 Å². The summed E-state index contributed by atoms with van der Waals surface area (Å²) in [6.45, 7) is 5.94. The van der Waals surface area contributed by atoms with Gasteiger partial charge in [0, 0.05) is 36.0 Å². The van der Waals surface area contributed by atoms with E-state index >= 15 is 0 Å². The zero-order chi connectivity index (χ0) is 29.1. The van der Waals surface area contributed by atoms with E-state index in [0.29, 0.717) is 6.54 Å². The first-order chi connectivity index (χ1) is 19.6. The number of alkyl carbamates (subject to hydrolysis) is 1. The van der Waals surface area contributed by atoms with E-state index in [1.54, 1.807) is 0 Å². The summed E-state index contributed by atoms with van der Waals surface area (Å²) in [5.41, 5.74) is 5.44. The fraction of sp³-hybridized carbons (Fsp3) is 0.303.